The zero-order valence-corrected chi connectivity index (χ0v) is 12.8. The minimum absolute atomic E-state index is 0.0535. The summed E-state index contributed by atoms with van der Waals surface area (Å²) in [5, 5.41) is 18.6. The Labute approximate surface area is 137 Å². The third kappa shape index (κ3) is 2.43. The van der Waals surface area contributed by atoms with Gasteiger partial charge in [0.05, 0.1) is 0 Å². The molecule has 24 heavy (non-hydrogen) atoms. The third-order valence-corrected chi connectivity index (χ3v) is 3.67. The molecule has 0 spiro atoms. The topological polar surface area (TPSA) is 120 Å². The molecule has 0 fully saturated rings. The SMILES string of the molecule is Cc1ccc(-c2ccc(-c3c(C#N)c(N)[nH]c(=O)c3C#N)cc2)o1. The average Bonchev–Trinajstić information content (AvgIpc) is 3.01. The van der Waals surface area contributed by atoms with E-state index in [-0.39, 0.29) is 22.5 Å². The number of anilines is 1. The van der Waals surface area contributed by atoms with E-state index in [1.54, 1.807) is 24.3 Å². The number of aromatic nitrogens is 1. The Morgan fingerprint density at radius 3 is 2.17 bits per heavy atom. The molecule has 0 aliphatic rings. The van der Waals surface area contributed by atoms with Gasteiger partial charge in [0.25, 0.3) is 5.56 Å². The van der Waals surface area contributed by atoms with E-state index in [1.807, 2.05) is 31.2 Å². The van der Waals surface area contributed by atoms with Crippen LogP contribution in [0.3, 0.4) is 0 Å². The molecule has 0 saturated carbocycles. The van der Waals surface area contributed by atoms with Gasteiger partial charge in [-0.05, 0) is 24.6 Å². The fourth-order valence-electron chi connectivity index (χ4n) is 2.52. The molecule has 3 aromatic rings. The zero-order chi connectivity index (χ0) is 17.3. The lowest BCUT2D eigenvalue weighted by Crippen LogP contribution is -2.16. The summed E-state index contributed by atoms with van der Waals surface area (Å²) in [6.45, 7) is 1.86. The molecule has 0 aliphatic carbocycles. The molecule has 0 saturated heterocycles. The van der Waals surface area contributed by atoms with Gasteiger partial charge in [-0.25, -0.2) is 0 Å². The number of rotatable bonds is 2. The van der Waals surface area contributed by atoms with Crippen molar-refractivity contribution in [2.24, 2.45) is 0 Å². The van der Waals surface area contributed by atoms with Gasteiger partial charge in [0.2, 0.25) is 0 Å². The second-order valence-electron chi connectivity index (χ2n) is 5.20. The molecule has 6 nitrogen and oxygen atoms in total. The fourth-order valence-corrected chi connectivity index (χ4v) is 2.52. The van der Waals surface area contributed by atoms with Crippen molar-refractivity contribution in [1.82, 2.24) is 4.98 Å². The number of aromatic amines is 1. The van der Waals surface area contributed by atoms with Gasteiger partial charge in [0.1, 0.15) is 40.6 Å². The molecular weight excluding hydrogens is 304 g/mol. The smallest absolute Gasteiger partial charge is 0.268 e. The minimum Gasteiger partial charge on any atom is -0.461 e. The Bertz CT molecular complexity index is 1060. The number of nitrogens with one attached hydrogen (secondary N) is 1. The van der Waals surface area contributed by atoms with Crippen LogP contribution in [0.4, 0.5) is 5.82 Å². The summed E-state index contributed by atoms with van der Waals surface area (Å²) in [5.41, 5.74) is 6.69. The van der Waals surface area contributed by atoms with Crippen LogP contribution >= 0.6 is 0 Å². The number of nitrogens with two attached hydrogens (primary N) is 1. The predicted molar refractivity (Wildman–Crippen MR) is 88.8 cm³/mol. The minimum atomic E-state index is -0.616. The van der Waals surface area contributed by atoms with Gasteiger partial charge in [-0.1, -0.05) is 24.3 Å². The Morgan fingerprint density at radius 2 is 1.62 bits per heavy atom. The summed E-state index contributed by atoms with van der Waals surface area (Å²) >= 11 is 0. The summed E-state index contributed by atoms with van der Waals surface area (Å²) < 4.78 is 5.56. The van der Waals surface area contributed by atoms with Crippen molar-refractivity contribution < 1.29 is 4.42 Å². The molecular formula is C18H12N4O2. The van der Waals surface area contributed by atoms with Crippen LogP contribution in [-0.4, -0.2) is 4.98 Å². The highest BCUT2D eigenvalue weighted by Crippen LogP contribution is 2.30. The quantitative estimate of drug-likeness (QED) is 0.753. The molecule has 2 aromatic heterocycles. The van der Waals surface area contributed by atoms with Crippen molar-refractivity contribution in [2.75, 3.05) is 5.73 Å². The van der Waals surface area contributed by atoms with Crippen LogP contribution in [0.25, 0.3) is 22.5 Å². The van der Waals surface area contributed by atoms with Crippen LogP contribution in [0.5, 0.6) is 0 Å². The number of hydrogen-bond acceptors (Lipinski definition) is 5. The lowest BCUT2D eigenvalue weighted by atomic mass is 9.95. The highest BCUT2D eigenvalue weighted by atomic mass is 16.3. The van der Waals surface area contributed by atoms with Crippen molar-refractivity contribution >= 4 is 5.82 Å². The van der Waals surface area contributed by atoms with Crippen molar-refractivity contribution in [1.29, 1.82) is 10.5 Å². The normalized spacial score (nSPS) is 10.1. The maximum Gasteiger partial charge on any atom is 0.268 e. The van der Waals surface area contributed by atoms with Crippen molar-refractivity contribution in [2.45, 2.75) is 6.92 Å². The van der Waals surface area contributed by atoms with Gasteiger partial charge in [-0.2, -0.15) is 10.5 Å². The van der Waals surface area contributed by atoms with Crippen molar-refractivity contribution in [3.8, 4) is 34.6 Å². The molecule has 6 heteroatoms. The van der Waals surface area contributed by atoms with Crippen LogP contribution < -0.4 is 11.3 Å². The Morgan fingerprint density at radius 1 is 1.00 bits per heavy atom. The maximum absolute atomic E-state index is 11.9. The first kappa shape index (κ1) is 15.1. The molecule has 0 unspecified atom stereocenters. The number of aryl methyl sites for hydroxylation is 1. The number of hydrogen-bond donors (Lipinski definition) is 2. The summed E-state index contributed by atoms with van der Waals surface area (Å²) in [5.74, 6) is 1.46. The number of nitrogen functional groups attached to an aromatic ring is 1. The van der Waals surface area contributed by atoms with E-state index in [4.69, 9.17) is 10.2 Å². The molecule has 0 bridgehead atoms. The summed E-state index contributed by atoms with van der Waals surface area (Å²) in [7, 11) is 0. The Hall–Kier alpha value is -3.77. The number of nitriles is 2. The van der Waals surface area contributed by atoms with Crippen molar-refractivity contribution in [3.05, 3.63) is 63.6 Å². The summed E-state index contributed by atoms with van der Waals surface area (Å²) in [6.07, 6.45) is 0. The Kier molecular flexibility index (Phi) is 3.65. The van der Waals surface area contributed by atoms with E-state index in [2.05, 4.69) is 4.98 Å². The predicted octanol–water partition coefficient (Wildman–Crippen LogP) is 2.94. The molecule has 3 N–H and O–H groups in total. The van der Waals surface area contributed by atoms with E-state index >= 15 is 0 Å². The second-order valence-corrected chi connectivity index (χ2v) is 5.20. The zero-order valence-electron chi connectivity index (χ0n) is 12.8. The molecule has 2 heterocycles. The molecule has 3 rings (SSSR count). The highest BCUT2D eigenvalue weighted by Gasteiger charge is 2.18. The van der Waals surface area contributed by atoms with Gasteiger partial charge >= 0.3 is 0 Å². The third-order valence-electron chi connectivity index (χ3n) is 3.67. The van der Waals surface area contributed by atoms with E-state index in [0.717, 1.165) is 11.3 Å². The van der Waals surface area contributed by atoms with Gasteiger partial charge in [-0.3, -0.25) is 4.79 Å². The average molecular weight is 316 g/mol. The Balaban J connectivity index is 2.18. The first-order chi connectivity index (χ1) is 11.5. The second kappa shape index (κ2) is 5.79. The largest absolute Gasteiger partial charge is 0.461 e. The van der Waals surface area contributed by atoms with Gasteiger partial charge in [-0.15, -0.1) is 0 Å². The van der Waals surface area contributed by atoms with Crippen LogP contribution in [0, 0.1) is 29.6 Å². The standard InChI is InChI=1S/C18H12N4O2/c1-10-2-7-15(24-10)11-3-5-12(6-4-11)16-13(8-19)17(21)22-18(23)14(16)9-20/h2-7H,1H3,(H3,21,22,23). The van der Waals surface area contributed by atoms with Crippen molar-refractivity contribution in [3.63, 3.8) is 0 Å². The molecule has 1 aromatic carbocycles. The monoisotopic (exact) mass is 316 g/mol. The number of H-pyrrole nitrogens is 1. The van der Waals surface area contributed by atoms with E-state index < -0.39 is 5.56 Å². The molecule has 116 valence electrons. The summed E-state index contributed by atoms with van der Waals surface area (Å²) in [4.78, 5) is 14.3. The highest BCUT2D eigenvalue weighted by molar-refractivity contribution is 5.81. The van der Waals surface area contributed by atoms with Crippen LogP contribution in [0.15, 0.2) is 45.6 Å². The van der Waals surface area contributed by atoms with Crippen LogP contribution in [0.1, 0.15) is 16.9 Å². The van der Waals surface area contributed by atoms with Gasteiger partial charge in [0, 0.05) is 11.1 Å². The molecule has 0 aliphatic heterocycles. The van der Waals surface area contributed by atoms with Crippen LogP contribution in [-0.2, 0) is 0 Å². The molecule has 0 amide bonds. The molecule has 0 atom stereocenters. The number of nitrogens with zero attached hydrogens (tertiary/aromatic N) is 2. The van der Waals surface area contributed by atoms with Gasteiger partial charge < -0.3 is 15.1 Å². The van der Waals surface area contributed by atoms with Crippen LogP contribution in [0.2, 0.25) is 0 Å². The number of benzene rings is 1. The van der Waals surface area contributed by atoms with E-state index in [9.17, 15) is 15.3 Å². The maximum atomic E-state index is 11.9. The summed E-state index contributed by atoms with van der Waals surface area (Å²) in [6, 6.07) is 14.6. The number of pyridine rings is 1. The first-order valence-corrected chi connectivity index (χ1v) is 7.08. The first-order valence-electron chi connectivity index (χ1n) is 7.08. The van der Waals surface area contributed by atoms with E-state index in [1.165, 1.54) is 0 Å². The lowest BCUT2D eigenvalue weighted by molar-refractivity contribution is 0.548. The fraction of sp³-hybridized carbons (Fsp3) is 0.0556. The van der Waals surface area contributed by atoms with E-state index in [0.29, 0.717) is 11.3 Å². The molecule has 0 radical (unpaired) electrons. The lowest BCUT2D eigenvalue weighted by Gasteiger charge is -2.09. The number of furan rings is 1. The van der Waals surface area contributed by atoms with Gasteiger partial charge in [0.15, 0.2) is 0 Å².